The van der Waals surface area contributed by atoms with Crippen molar-refractivity contribution in [2.75, 3.05) is 19.7 Å². The normalized spacial score (nSPS) is 25.6. The summed E-state index contributed by atoms with van der Waals surface area (Å²) in [5.41, 5.74) is 0. The SMILES string of the molecule is CCCC(CCC)C(=O)N1CCC2(CC1)OC[C@@H](C)O2. The third-order valence-electron chi connectivity index (χ3n) is 4.46. The van der Waals surface area contributed by atoms with Gasteiger partial charge in [-0.05, 0) is 19.8 Å². The van der Waals surface area contributed by atoms with Crippen LogP contribution in [0.4, 0.5) is 0 Å². The van der Waals surface area contributed by atoms with Crippen LogP contribution >= 0.6 is 0 Å². The lowest BCUT2D eigenvalue weighted by atomic mass is 9.94. The van der Waals surface area contributed by atoms with Crippen LogP contribution in [0.15, 0.2) is 0 Å². The zero-order valence-corrected chi connectivity index (χ0v) is 13.2. The topological polar surface area (TPSA) is 38.8 Å². The smallest absolute Gasteiger partial charge is 0.225 e. The Bertz CT molecular complexity index is 318. The number of ether oxygens (including phenoxy) is 2. The summed E-state index contributed by atoms with van der Waals surface area (Å²) in [5, 5.41) is 0. The third-order valence-corrected chi connectivity index (χ3v) is 4.46. The Morgan fingerprint density at radius 2 is 1.85 bits per heavy atom. The molecule has 0 aromatic rings. The summed E-state index contributed by atoms with van der Waals surface area (Å²) in [5.74, 6) is 0.152. The molecule has 2 aliphatic rings. The summed E-state index contributed by atoms with van der Waals surface area (Å²) in [7, 11) is 0. The van der Waals surface area contributed by atoms with Gasteiger partial charge in [0.15, 0.2) is 5.79 Å². The molecule has 0 aliphatic carbocycles. The van der Waals surface area contributed by atoms with E-state index >= 15 is 0 Å². The third kappa shape index (κ3) is 3.53. The molecule has 0 N–H and O–H groups in total. The summed E-state index contributed by atoms with van der Waals surface area (Å²) in [6.07, 6.45) is 6.00. The Balaban J connectivity index is 1.87. The highest BCUT2D eigenvalue weighted by Gasteiger charge is 2.43. The number of hydrogen-bond acceptors (Lipinski definition) is 3. The average molecular weight is 283 g/mol. The van der Waals surface area contributed by atoms with Gasteiger partial charge in [0, 0.05) is 31.8 Å². The fourth-order valence-corrected chi connectivity index (χ4v) is 3.38. The van der Waals surface area contributed by atoms with E-state index in [0.29, 0.717) is 12.5 Å². The summed E-state index contributed by atoms with van der Waals surface area (Å²) in [4.78, 5) is 14.6. The predicted octanol–water partition coefficient (Wildman–Crippen LogP) is 2.96. The minimum absolute atomic E-state index is 0.185. The largest absolute Gasteiger partial charge is 0.347 e. The Hall–Kier alpha value is -0.610. The van der Waals surface area contributed by atoms with Gasteiger partial charge in [-0.2, -0.15) is 0 Å². The van der Waals surface area contributed by atoms with E-state index < -0.39 is 5.79 Å². The number of hydrogen-bond donors (Lipinski definition) is 0. The molecule has 0 aromatic heterocycles. The number of piperidine rings is 1. The first-order valence-corrected chi connectivity index (χ1v) is 8.20. The van der Waals surface area contributed by atoms with Crippen molar-refractivity contribution in [2.24, 2.45) is 5.92 Å². The van der Waals surface area contributed by atoms with Gasteiger partial charge >= 0.3 is 0 Å². The molecule has 1 amide bonds. The van der Waals surface area contributed by atoms with E-state index in [-0.39, 0.29) is 12.0 Å². The molecule has 0 radical (unpaired) electrons. The second-order valence-corrected chi connectivity index (χ2v) is 6.25. The Morgan fingerprint density at radius 3 is 2.30 bits per heavy atom. The highest BCUT2D eigenvalue weighted by molar-refractivity contribution is 5.78. The minimum atomic E-state index is -0.402. The van der Waals surface area contributed by atoms with Crippen LogP contribution in [0, 0.1) is 5.92 Å². The molecular formula is C16H29NO3. The minimum Gasteiger partial charge on any atom is -0.347 e. The maximum absolute atomic E-state index is 12.6. The number of rotatable bonds is 5. The van der Waals surface area contributed by atoms with E-state index in [1.165, 1.54) is 0 Å². The average Bonchev–Trinajstić information content (AvgIpc) is 2.80. The van der Waals surface area contributed by atoms with Crippen LogP contribution in [0.2, 0.25) is 0 Å². The molecule has 0 aromatic carbocycles. The lowest BCUT2D eigenvalue weighted by Crippen LogP contribution is -2.49. The predicted molar refractivity (Wildman–Crippen MR) is 78.4 cm³/mol. The van der Waals surface area contributed by atoms with Gasteiger partial charge in [-0.3, -0.25) is 4.79 Å². The molecule has 4 nitrogen and oxygen atoms in total. The zero-order valence-electron chi connectivity index (χ0n) is 13.2. The highest BCUT2D eigenvalue weighted by Crippen LogP contribution is 2.34. The first-order chi connectivity index (χ1) is 9.60. The van der Waals surface area contributed by atoms with Gasteiger partial charge in [0.2, 0.25) is 5.91 Å². The first-order valence-electron chi connectivity index (χ1n) is 8.20. The van der Waals surface area contributed by atoms with Crippen molar-refractivity contribution >= 4 is 5.91 Å². The molecule has 2 aliphatic heterocycles. The molecule has 4 heteroatoms. The molecule has 2 saturated heterocycles. The van der Waals surface area contributed by atoms with Crippen molar-refractivity contribution in [1.82, 2.24) is 4.90 Å². The fraction of sp³-hybridized carbons (Fsp3) is 0.938. The molecule has 2 heterocycles. The van der Waals surface area contributed by atoms with Gasteiger partial charge in [0.05, 0.1) is 12.7 Å². The first kappa shape index (κ1) is 15.8. The summed E-state index contributed by atoms with van der Waals surface area (Å²) in [6.45, 7) is 8.59. The number of amides is 1. The molecular weight excluding hydrogens is 254 g/mol. The van der Waals surface area contributed by atoms with Crippen LogP contribution in [0.5, 0.6) is 0 Å². The fourth-order valence-electron chi connectivity index (χ4n) is 3.38. The summed E-state index contributed by atoms with van der Waals surface area (Å²) in [6, 6.07) is 0. The van der Waals surface area contributed by atoms with Crippen molar-refractivity contribution in [3.8, 4) is 0 Å². The summed E-state index contributed by atoms with van der Waals surface area (Å²) < 4.78 is 11.7. The van der Waals surface area contributed by atoms with Crippen LogP contribution in [-0.4, -0.2) is 42.4 Å². The van der Waals surface area contributed by atoms with Crippen molar-refractivity contribution < 1.29 is 14.3 Å². The van der Waals surface area contributed by atoms with Crippen LogP contribution in [0.3, 0.4) is 0 Å². The quantitative estimate of drug-likeness (QED) is 0.778. The van der Waals surface area contributed by atoms with E-state index in [0.717, 1.165) is 51.6 Å². The molecule has 0 unspecified atom stereocenters. The highest BCUT2D eigenvalue weighted by atomic mass is 16.7. The van der Waals surface area contributed by atoms with Gasteiger partial charge in [-0.15, -0.1) is 0 Å². The van der Waals surface area contributed by atoms with Gasteiger partial charge in [0.25, 0.3) is 0 Å². The molecule has 2 fully saturated rings. The zero-order chi connectivity index (χ0) is 14.6. The van der Waals surface area contributed by atoms with Crippen LogP contribution < -0.4 is 0 Å². The van der Waals surface area contributed by atoms with Crippen molar-refractivity contribution in [3.63, 3.8) is 0 Å². The van der Waals surface area contributed by atoms with Gasteiger partial charge < -0.3 is 14.4 Å². The lowest BCUT2D eigenvalue weighted by molar-refractivity contribution is -0.195. The van der Waals surface area contributed by atoms with E-state index in [4.69, 9.17) is 9.47 Å². The van der Waals surface area contributed by atoms with E-state index in [1.54, 1.807) is 0 Å². The lowest BCUT2D eigenvalue weighted by Gasteiger charge is -2.39. The van der Waals surface area contributed by atoms with E-state index in [2.05, 4.69) is 13.8 Å². The Morgan fingerprint density at radius 1 is 1.25 bits per heavy atom. The molecule has 2 rings (SSSR count). The Kier molecular flexibility index (Phi) is 5.44. The molecule has 1 spiro atoms. The molecule has 1 atom stereocenters. The number of nitrogens with zero attached hydrogens (tertiary/aromatic N) is 1. The number of likely N-dealkylation sites (tertiary alicyclic amines) is 1. The van der Waals surface area contributed by atoms with Gasteiger partial charge in [-0.25, -0.2) is 0 Å². The van der Waals surface area contributed by atoms with Crippen molar-refractivity contribution in [2.45, 2.75) is 71.2 Å². The maximum Gasteiger partial charge on any atom is 0.225 e. The standard InChI is InChI=1S/C16H29NO3/c1-4-6-14(7-5-2)15(18)17-10-8-16(9-11-17)19-12-13(3)20-16/h13-14H,4-12H2,1-3H3/t13-/m1/s1. The van der Waals surface area contributed by atoms with Crippen molar-refractivity contribution in [1.29, 1.82) is 0 Å². The monoisotopic (exact) mass is 283 g/mol. The van der Waals surface area contributed by atoms with Crippen LogP contribution in [0.1, 0.15) is 59.3 Å². The molecule has 116 valence electrons. The number of carbonyl (C=O) groups excluding carboxylic acids is 1. The molecule has 0 saturated carbocycles. The molecule has 20 heavy (non-hydrogen) atoms. The van der Waals surface area contributed by atoms with E-state index in [1.807, 2.05) is 11.8 Å². The maximum atomic E-state index is 12.6. The second-order valence-electron chi connectivity index (χ2n) is 6.25. The van der Waals surface area contributed by atoms with Crippen LogP contribution in [-0.2, 0) is 14.3 Å². The van der Waals surface area contributed by atoms with Gasteiger partial charge in [0.1, 0.15) is 0 Å². The summed E-state index contributed by atoms with van der Waals surface area (Å²) >= 11 is 0. The molecule has 0 bridgehead atoms. The second kappa shape index (κ2) is 6.90. The van der Waals surface area contributed by atoms with Crippen molar-refractivity contribution in [3.05, 3.63) is 0 Å². The van der Waals surface area contributed by atoms with E-state index in [9.17, 15) is 4.79 Å². The Labute approximate surface area is 122 Å². The van der Waals surface area contributed by atoms with Gasteiger partial charge in [-0.1, -0.05) is 26.7 Å². The van der Waals surface area contributed by atoms with Crippen LogP contribution in [0.25, 0.3) is 0 Å². The number of carbonyl (C=O) groups is 1.